The molecular formula is C11H9Cl2FN3O2Pt+. The van der Waals surface area contributed by atoms with Crippen molar-refractivity contribution in [1.29, 1.82) is 0 Å². The molecule has 0 fully saturated rings. The van der Waals surface area contributed by atoms with Gasteiger partial charge in [-0.05, 0) is 6.07 Å². The van der Waals surface area contributed by atoms with Gasteiger partial charge in [0.2, 0.25) is 5.69 Å². The second kappa shape index (κ2) is 8.84. The molecule has 0 atom stereocenters. The van der Waals surface area contributed by atoms with Crippen molar-refractivity contribution in [3.05, 3.63) is 57.9 Å². The second-order valence-electron chi connectivity index (χ2n) is 3.30. The number of halogens is 3. The number of aromatic nitrogens is 2. The Bertz CT molecular complexity index is 702. The monoisotopic (exact) mass is 499 g/mol. The number of nitrogens with zero attached hydrogens (tertiary/aromatic N) is 1. The van der Waals surface area contributed by atoms with Crippen LogP contribution in [0.4, 0.5) is 10.1 Å². The van der Waals surface area contributed by atoms with Crippen molar-refractivity contribution in [3.63, 3.8) is 0 Å². The zero-order chi connectivity index (χ0) is 15.0. The van der Waals surface area contributed by atoms with Gasteiger partial charge in [-0.1, -0.05) is 18.2 Å². The average molecular weight is 500 g/mol. The average Bonchev–Trinajstić information content (AvgIpc) is 2.40. The number of hydrogen-bond acceptors (Lipinski definition) is 2. The molecule has 0 bridgehead atoms. The number of aliphatic imine (C=N–C) groups is 1. The molecule has 1 aromatic heterocycles. The third-order valence-corrected chi connectivity index (χ3v) is 2.06. The maximum atomic E-state index is 13.2. The van der Waals surface area contributed by atoms with Crippen LogP contribution in [0.2, 0.25) is 0 Å². The molecule has 0 aliphatic rings. The van der Waals surface area contributed by atoms with E-state index < -0.39 is 28.0 Å². The number of rotatable bonds is 2. The number of benzene rings is 1. The molecule has 20 heavy (non-hydrogen) atoms. The van der Waals surface area contributed by atoms with Crippen LogP contribution in [0.3, 0.4) is 0 Å². The van der Waals surface area contributed by atoms with E-state index in [0.717, 1.165) is 0 Å². The fraction of sp³-hybridized carbons (Fsp3) is 0. The van der Waals surface area contributed by atoms with E-state index in [4.69, 9.17) is 18.8 Å². The van der Waals surface area contributed by atoms with Gasteiger partial charge in [-0.25, -0.2) is 19.2 Å². The fourth-order valence-corrected chi connectivity index (χ4v) is 1.23. The number of nitrogens with one attached hydrogen (secondary N) is 2. The van der Waals surface area contributed by atoms with Gasteiger partial charge in [0.1, 0.15) is 5.82 Å². The maximum absolute atomic E-state index is 13.2. The third kappa shape index (κ3) is 5.41. The van der Waals surface area contributed by atoms with Crippen molar-refractivity contribution < 1.29 is 25.7 Å². The summed E-state index contributed by atoms with van der Waals surface area (Å²) >= 11 is -0.472. The van der Waals surface area contributed by atoms with Crippen LogP contribution in [-0.2, 0) is 16.5 Å². The predicted molar refractivity (Wildman–Crippen MR) is 71.8 cm³/mol. The Morgan fingerprint density at radius 2 is 2.00 bits per heavy atom. The zero-order valence-corrected chi connectivity index (χ0v) is 13.5. The van der Waals surface area contributed by atoms with Crippen LogP contribution in [-0.4, -0.2) is 21.0 Å². The van der Waals surface area contributed by atoms with Crippen LogP contribution >= 0.6 is 18.8 Å². The molecule has 0 aliphatic heterocycles. The van der Waals surface area contributed by atoms with E-state index in [1.54, 1.807) is 18.2 Å². The summed E-state index contributed by atoms with van der Waals surface area (Å²) in [4.78, 5) is 28.4. The summed E-state index contributed by atoms with van der Waals surface area (Å²) in [5.74, 6) is -0.413. The SMILES string of the molecule is O=c1[nH]cc(N=Cc2ccccc2F)c(=[OH+])[nH]1.[Cl][Pt][Cl]. The van der Waals surface area contributed by atoms with Crippen molar-refractivity contribution >= 4 is 30.7 Å². The first-order chi connectivity index (χ1) is 9.58. The van der Waals surface area contributed by atoms with Gasteiger partial charge in [-0.2, -0.15) is 0 Å². The quantitative estimate of drug-likeness (QED) is 0.480. The molecule has 0 radical (unpaired) electrons. The van der Waals surface area contributed by atoms with E-state index in [1.165, 1.54) is 18.5 Å². The third-order valence-electron chi connectivity index (χ3n) is 2.06. The van der Waals surface area contributed by atoms with Gasteiger partial charge < -0.3 is 4.98 Å². The Labute approximate surface area is 129 Å². The Hall–Kier alpha value is -1.23. The van der Waals surface area contributed by atoms with E-state index in [9.17, 15) is 14.0 Å². The first kappa shape index (κ1) is 16.8. The molecule has 0 saturated carbocycles. The standard InChI is InChI=1S/C11H8FN3O2.2ClH.Pt/c12-8-4-2-1-3-7(8)5-13-9-6-14-11(17)15-10(9)16;;;/h1-6H,(H2,14,15,16,17);2*1H;/q;;;+2/p-1. The topological polar surface area (TPSA) is 82.4 Å². The molecule has 1 heterocycles. The minimum absolute atomic E-state index is 0.118. The van der Waals surface area contributed by atoms with Crippen LogP contribution < -0.4 is 11.2 Å². The zero-order valence-electron chi connectivity index (χ0n) is 9.72. The second-order valence-corrected chi connectivity index (χ2v) is 6.58. The van der Waals surface area contributed by atoms with E-state index in [1.807, 2.05) is 0 Å². The number of hydrogen-bond donors (Lipinski definition) is 2. The van der Waals surface area contributed by atoms with Crippen LogP contribution in [0, 0.1) is 5.82 Å². The van der Waals surface area contributed by atoms with Crippen LogP contribution in [0.5, 0.6) is 0 Å². The van der Waals surface area contributed by atoms with Gasteiger partial charge in [0.25, 0.3) is 0 Å². The molecule has 2 aromatic rings. The summed E-state index contributed by atoms with van der Waals surface area (Å²) in [6.07, 6.45) is 2.49. The predicted octanol–water partition coefficient (Wildman–Crippen LogP) is 1.97. The van der Waals surface area contributed by atoms with Gasteiger partial charge in [0.15, 0.2) is 0 Å². The van der Waals surface area contributed by atoms with E-state index in [2.05, 4.69) is 15.0 Å². The normalized spacial score (nSPS) is 10.3. The molecule has 0 amide bonds. The van der Waals surface area contributed by atoms with Crippen molar-refractivity contribution in [2.45, 2.75) is 0 Å². The fourth-order valence-electron chi connectivity index (χ4n) is 1.23. The summed E-state index contributed by atoms with van der Waals surface area (Å²) < 4.78 is 13.2. The van der Waals surface area contributed by atoms with Gasteiger partial charge >= 0.3 is 46.6 Å². The summed E-state index contributed by atoms with van der Waals surface area (Å²) in [6, 6.07) is 6.09. The Kier molecular flexibility index (Phi) is 7.44. The van der Waals surface area contributed by atoms with E-state index in [0.29, 0.717) is 0 Å². The molecule has 0 saturated heterocycles. The number of aromatic amines is 2. The summed E-state index contributed by atoms with van der Waals surface area (Å²) in [5, 5.41) is 0. The van der Waals surface area contributed by atoms with E-state index >= 15 is 0 Å². The summed E-state index contributed by atoms with van der Waals surface area (Å²) in [5.41, 5.74) is -0.514. The Morgan fingerprint density at radius 3 is 2.60 bits per heavy atom. The van der Waals surface area contributed by atoms with Crippen molar-refractivity contribution in [1.82, 2.24) is 9.97 Å². The van der Waals surface area contributed by atoms with Crippen LogP contribution in [0.15, 0.2) is 40.2 Å². The van der Waals surface area contributed by atoms with Crippen LogP contribution in [0.25, 0.3) is 0 Å². The molecule has 3 N–H and O–H groups in total. The molecule has 0 spiro atoms. The summed E-state index contributed by atoms with van der Waals surface area (Å²) in [7, 11) is 9.75. The molecule has 9 heteroatoms. The Morgan fingerprint density at radius 1 is 1.35 bits per heavy atom. The molecule has 2 rings (SSSR count). The molecule has 110 valence electrons. The Balaban J connectivity index is 0.000000612. The van der Waals surface area contributed by atoms with Gasteiger partial charge in [0, 0.05) is 18.0 Å². The molecule has 1 aromatic carbocycles. The number of H-pyrrole nitrogens is 2. The first-order valence-corrected chi connectivity index (χ1v) is 10.7. The van der Waals surface area contributed by atoms with Gasteiger partial charge in [-0.3, -0.25) is 4.79 Å². The van der Waals surface area contributed by atoms with E-state index in [-0.39, 0.29) is 16.8 Å². The van der Waals surface area contributed by atoms with Crippen molar-refractivity contribution in [3.8, 4) is 0 Å². The molecule has 5 nitrogen and oxygen atoms in total. The molecule has 0 unspecified atom stereocenters. The van der Waals surface area contributed by atoms with Crippen LogP contribution in [0.1, 0.15) is 5.56 Å². The van der Waals surface area contributed by atoms with Gasteiger partial charge in [-0.15, -0.1) is 0 Å². The first-order valence-electron chi connectivity index (χ1n) is 5.03. The molecular weight excluding hydrogens is 491 g/mol. The summed E-state index contributed by atoms with van der Waals surface area (Å²) in [6.45, 7) is 0. The molecule has 0 aliphatic carbocycles. The van der Waals surface area contributed by atoms with Crippen molar-refractivity contribution in [2.75, 3.05) is 0 Å². The minimum atomic E-state index is -0.549. The van der Waals surface area contributed by atoms with Crippen molar-refractivity contribution in [2.24, 2.45) is 4.99 Å². The van der Waals surface area contributed by atoms with Gasteiger partial charge in [0.05, 0.1) is 0 Å².